The van der Waals surface area contributed by atoms with Crippen LogP contribution in [0.1, 0.15) is 0 Å². The number of carboxylic acid groups (broad SMARTS) is 1. The third-order valence-electron chi connectivity index (χ3n) is 5.58. The molecule has 1 N–H and O–H groups in total. The Hall–Kier alpha value is -3.42. The first-order chi connectivity index (χ1) is 16.3. The molecule has 0 saturated heterocycles. The summed E-state index contributed by atoms with van der Waals surface area (Å²) in [5.74, 6) is -1.04. The van der Waals surface area contributed by atoms with E-state index in [4.69, 9.17) is 14.6 Å². The van der Waals surface area contributed by atoms with Crippen LogP contribution in [-0.4, -0.2) is 41.9 Å². The number of fused-ring (bicyclic) bond motifs is 1. The number of nitrogens with zero attached hydrogens (tertiary/aromatic N) is 2. The van der Waals surface area contributed by atoms with Crippen LogP contribution < -0.4 is 4.74 Å². The van der Waals surface area contributed by atoms with Gasteiger partial charge in [0.15, 0.2) is 6.61 Å². The molecule has 7 heteroatoms. The molecule has 176 valence electrons. The van der Waals surface area contributed by atoms with Gasteiger partial charge in [0.25, 0.3) is 6.01 Å². The molecule has 0 bridgehead atoms. The van der Waals surface area contributed by atoms with Crippen LogP contribution in [0.5, 0.6) is 6.01 Å². The van der Waals surface area contributed by atoms with E-state index in [1.54, 1.807) is 4.57 Å². The molecule has 1 heterocycles. The van der Waals surface area contributed by atoms with Gasteiger partial charge in [0.1, 0.15) is 6.73 Å². The zero-order valence-electron chi connectivity index (χ0n) is 19.8. The Morgan fingerprint density at radius 2 is 1.53 bits per heavy atom. The number of hydrogen-bond acceptors (Lipinski definition) is 4. The van der Waals surface area contributed by atoms with Crippen molar-refractivity contribution in [2.24, 2.45) is 0 Å². The number of imidazole rings is 1. The summed E-state index contributed by atoms with van der Waals surface area (Å²) in [4.78, 5) is 15.6. The number of rotatable bonds is 10. The van der Waals surface area contributed by atoms with Gasteiger partial charge in [-0.05, 0) is 40.4 Å². The Morgan fingerprint density at radius 3 is 2.18 bits per heavy atom. The van der Waals surface area contributed by atoms with E-state index >= 15 is 0 Å². The highest BCUT2D eigenvalue weighted by Gasteiger charge is 2.16. The van der Waals surface area contributed by atoms with Gasteiger partial charge in [-0.15, -0.1) is 0 Å². The SMILES string of the molecule is C[Si](C)(C)CCOCn1c(OCC(=O)O)nc2cc(-c3ccc(-c4ccccc4)cc3)ccc21. The molecular weight excluding hydrogens is 444 g/mol. The smallest absolute Gasteiger partial charge is 0.341 e. The van der Waals surface area contributed by atoms with Crippen LogP contribution in [-0.2, 0) is 16.3 Å². The molecule has 0 atom stereocenters. The fourth-order valence-corrected chi connectivity index (χ4v) is 4.43. The van der Waals surface area contributed by atoms with E-state index in [1.807, 2.05) is 36.4 Å². The summed E-state index contributed by atoms with van der Waals surface area (Å²) in [6.45, 7) is 7.38. The lowest BCUT2D eigenvalue weighted by atomic mass is 10.00. The highest BCUT2D eigenvalue weighted by atomic mass is 28.3. The van der Waals surface area contributed by atoms with Crippen molar-refractivity contribution in [3.05, 3.63) is 72.8 Å². The summed E-state index contributed by atoms with van der Waals surface area (Å²) in [5, 5.41) is 9.05. The average molecular weight is 475 g/mol. The second-order valence-electron chi connectivity index (χ2n) is 9.50. The molecule has 1 aromatic heterocycles. The first-order valence-corrected chi connectivity index (χ1v) is 15.1. The topological polar surface area (TPSA) is 73.6 Å². The van der Waals surface area contributed by atoms with Crippen molar-refractivity contribution in [3.63, 3.8) is 0 Å². The molecular formula is C27H30N2O4Si. The Labute approximate surface area is 200 Å². The van der Waals surface area contributed by atoms with Gasteiger partial charge in [-0.1, -0.05) is 80.3 Å². The monoisotopic (exact) mass is 474 g/mol. The number of benzene rings is 3. The predicted octanol–water partition coefficient (Wildman–Crippen LogP) is 6.15. The minimum absolute atomic E-state index is 0.252. The molecule has 0 aliphatic heterocycles. The molecule has 0 amide bonds. The quantitative estimate of drug-likeness (QED) is 0.221. The first kappa shape index (κ1) is 23.7. The average Bonchev–Trinajstić information content (AvgIpc) is 3.17. The molecule has 0 spiro atoms. The molecule has 0 fully saturated rings. The van der Waals surface area contributed by atoms with Crippen LogP contribution in [0.3, 0.4) is 0 Å². The standard InChI is InChI=1S/C27H30N2O4Si/c1-34(2,3)16-15-32-19-29-25-14-13-23(17-24(25)28-27(29)33-18-26(30)31)22-11-9-21(10-12-22)20-7-5-4-6-8-20/h4-14,17H,15-16,18-19H2,1-3H3,(H,30,31). The Kier molecular flexibility index (Phi) is 7.14. The van der Waals surface area contributed by atoms with Crippen molar-refractivity contribution < 1.29 is 19.4 Å². The molecule has 0 aliphatic rings. The minimum atomic E-state index is -1.21. The van der Waals surface area contributed by atoms with E-state index in [1.165, 1.54) is 5.56 Å². The fourth-order valence-electron chi connectivity index (χ4n) is 3.67. The highest BCUT2D eigenvalue weighted by molar-refractivity contribution is 6.76. The van der Waals surface area contributed by atoms with Crippen molar-refractivity contribution in [1.29, 1.82) is 0 Å². The third kappa shape index (κ3) is 5.92. The maximum atomic E-state index is 11.1. The molecule has 3 aromatic carbocycles. The third-order valence-corrected chi connectivity index (χ3v) is 7.28. The maximum Gasteiger partial charge on any atom is 0.341 e. The van der Waals surface area contributed by atoms with E-state index in [2.05, 4.69) is 61.0 Å². The second-order valence-corrected chi connectivity index (χ2v) is 15.1. The number of aromatic nitrogens is 2. The van der Waals surface area contributed by atoms with Crippen LogP contribution >= 0.6 is 0 Å². The molecule has 0 aliphatic carbocycles. The van der Waals surface area contributed by atoms with E-state index in [0.29, 0.717) is 6.61 Å². The Bertz CT molecular complexity index is 1260. The van der Waals surface area contributed by atoms with Gasteiger partial charge >= 0.3 is 5.97 Å². The fraction of sp³-hybridized carbons (Fsp3) is 0.259. The minimum Gasteiger partial charge on any atom is -0.479 e. The van der Waals surface area contributed by atoms with E-state index in [9.17, 15) is 4.79 Å². The van der Waals surface area contributed by atoms with Gasteiger partial charge in [0.2, 0.25) is 0 Å². The summed E-state index contributed by atoms with van der Waals surface area (Å²) in [7, 11) is -1.21. The van der Waals surface area contributed by atoms with Crippen LogP contribution in [0.25, 0.3) is 33.3 Å². The van der Waals surface area contributed by atoms with Crippen LogP contribution in [0.2, 0.25) is 25.7 Å². The lowest BCUT2D eigenvalue weighted by molar-refractivity contribution is -0.139. The Balaban J connectivity index is 1.59. The van der Waals surface area contributed by atoms with Crippen molar-refractivity contribution in [2.75, 3.05) is 13.2 Å². The molecule has 4 aromatic rings. The summed E-state index contributed by atoms with van der Waals surface area (Å²) < 4.78 is 13.2. The molecule has 6 nitrogen and oxygen atoms in total. The summed E-state index contributed by atoms with van der Waals surface area (Å²) in [5.41, 5.74) is 6.03. The molecule has 34 heavy (non-hydrogen) atoms. The van der Waals surface area contributed by atoms with Crippen molar-refractivity contribution in [1.82, 2.24) is 9.55 Å². The number of carboxylic acids is 1. The van der Waals surface area contributed by atoms with Crippen LogP contribution in [0.15, 0.2) is 72.8 Å². The zero-order valence-corrected chi connectivity index (χ0v) is 20.8. The highest BCUT2D eigenvalue weighted by Crippen LogP contribution is 2.29. The molecule has 0 saturated carbocycles. The van der Waals surface area contributed by atoms with E-state index in [0.717, 1.165) is 33.8 Å². The summed E-state index contributed by atoms with van der Waals surface area (Å²) in [6.07, 6.45) is 0. The lowest BCUT2D eigenvalue weighted by Gasteiger charge is -2.16. The maximum absolute atomic E-state index is 11.1. The number of aliphatic carboxylic acids is 1. The number of carbonyl (C=O) groups is 1. The largest absolute Gasteiger partial charge is 0.479 e. The van der Waals surface area contributed by atoms with Crippen molar-refractivity contribution in [3.8, 4) is 28.3 Å². The lowest BCUT2D eigenvalue weighted by Crippen LogP contribution is -2.22. The normalized spacial score (nSPS) is 11.6. The number of hydrogen-bond donors (Lipinski definition) is 1. The predicted molar refractivity (Wildman–Crippen MR) is 138 cm³/mol. The molecule has 4 rings (SSSR count). The van der Waals surface area contributed by atoms with Gasteiger partial charge < -0.3 is 14.6 Å². The van der Waals surface area contributed by atoms with Crippen molar-refractivity contribution in [2.45, 2.75) is 32.4 Å². The van der Waals surface area contributed by atoms with Gasteiger partial charge in [-0.3, -0.25) is 4.57 Å². The van der Waals surface area contributed by atoms with E-state index < -0.39 is 20.7 Å². The van der Waals surface area contributed by atoms with Gasteiger partial charge in [-0.2, -0.15) is 4.98 Å². The second kappa shape index (κ2) is 10.2. The first-order valence-electron chi connectivity index (χ1n) is 11.4. The summed E-state index contributed by atoms with van der Waals surface area (Å²) >= 11 is 0. The molecule has 0 unspecified atom stereocenters. The molecule has 0 radical (unpaired) electrons. The summed E-state index contributed by atoms with van der Waals surface area (Å²) in [6, 6.07) is 26.0. The van der Waals surface area contributed by atoms with Gasteiger partial charge in [0.05, 0.1) is 11.0 Å². The zero-order chi connectivity index (χ0) is 24.1. The van der Waals surface area contributed by atoms with Crippen LogP contribution in [0, 0.1) is 0 Å². The number of ether oxygens (including phenoxy) is 2. The van der Waals surface area contributed by atoms with E-state index in [-0.39, 0.29) is 12.7 Å². The Morgan fingerprint density at radius 1 is 0.912 bits per heavy atom. The van der Waals surface area contributed by atoms with Crippen molar-refractivity contribution >= 4 is 25.1 Å². The van der Waals surface area contributed by atoms with Gasteiger partial charge in [-0.25, -0.2) is 4.79 Å². The van der Waals surface area contributed by atoms with Crippen LogP contribution in [0.4, 0.5) is 0 Å². The van der Waals surface area contributed by atoms with Gasteiger partial charge in [0, 0.05) is 14.7 Å².